The first-order chi connectivity index (χ1) is 10.2. The number of hydrogen-bond donors (Lipinski definition) is 2. The van der Waals surface area contributed by atoms with Crippen molar-refractivity contribution in [1.29, 1.82) is 0 Å². The molecule has 0 spiro atoms. The molecule has 1 aliphatic rings. The van der Waals surface area contributed by atoms with E-state index in [4.69, 9.17) is 0 Å². The highest BCUT2D eigenvalue weighted by Gasteiger charge is 2.20. The number of rotatable bonds is 6. The summed E-state index contributed by atoms with van der Waals surface area (Å²) in [5.74, 6) is 1.68. The number of hydrogen-bond acceptors (Lipinski definition) is 4. The fraction of sp³-hybridized carbons (Fsp3) is 0.400. The first-order valence-electron chi connectivity index (χ1n) is 7.22. The molecule has 0 saturated heterocycles. The molecule has 0 atom stereocenters. The Kier molecular flexibility index (Phi) is 3.96. The summed E-state index contributed by atoms with van der Waals surface area (Å²) in [6.45, 7) is 2.65. The van der Waals surface area contributed by atoms with Gasteiger partial charge in [0.05, 0.1) is 11.9 Å². The summed E-state index contributed by atoms with van der Waals surface area (Å²) < 4.78 is 1.89. The largest absolute Gasteiger partial charge is 0.325 e. The van der Waals surface area contributed by atoms with Crippen molar-refractivity contribution in [3.05, 3.63) is 36.5 Å². The zero-order chi connectivity index (χ0) is 14.7. The number of aromatic nitrogens is 3. The second-order valence-corrected chi connectivity index (χ2v) is 5.28. The van der Waals surface area contributed by atoms with Crippen molar-refractivity contribution in [3.63, 3.8) is 0 Å². The molecule has 2 aromatic rings. The van der Waals surface area contributed by atoms with Gasteiger partial charge >= 0.3 is 0 Å². The average molecular weight is 285 g/mol. The molecule has 6 nitrogen and oxygen atoms in total. The van der Waals surface area contributed by atoms with Gasteiger partial charge in [-0.25, -0.2) is 9.97 Å². The molecule has 0 aromatic carbocycles. The molecule has 1 fully saturated rings. The standard InChI is InChI=1S/C15H19N5O/c1-11-16-8-9-20(11)14-5-4-13(10-18-14)19-15(21)6-7-17-12-2-3-12/h4-5,8-10,12,17H,2-3,6-7H2,1H3,(H,19,21). The van der Waals surface area contributed by atoms with E-state index in [1.807, 2.05) is 29.8 Å². The maximum Gasteiger partial charge on any atom is 0.225 e. The quantitative estimate of drug-likeness (QED) is 0.846. The Bertz CT molecular complexity index is 615. The van der Waals surface area contributed by atoms with Gasteiger partial charge in [-0.05, 0) is 31.9 Å². The Morgan fingerprint density at radius 2 is 2.24 bits per heavy atom. The number of anilines is 1. The van der Waals surface area contributed by atoms with Gasteiger partial charge in [0.15, 0.2) is 0 Å². The number of pyridine rings is 1. The van der Waals surface area contributed by atoms with Gasteiger partial charge in [-0.15, -0.1) is 0 Å². The Morgan fingerprint density at radius 3 is 2.86 bits per heavy atom. The van der Waals surface area contributed by atoms with Gasteiger partial charge in [-0.2, -0.15) is 0 Å². The third kappa shape index (κ3) is 3.66. The third-order valence-electron chi connectivity index (χ3n) is 3.47. The molecule has 2 N–H and O–H groups in total. The van der Waals surface area contributed by atoms with Crippen molar-refractivity contribution in [3.8, 4) is 5.82 Å². The van der Waals surface area contributed by atoms with E-state index in [1.165, 1.54) is 12.8 Å². The smallest absolute Gasteiger partial charge is 0.225 e. The van der Waals surface area contributed by atoms with Crippen LogP contribution in [0.5, 0.6) is 0 Å². The first kappa shape index (κ1) is 13.8. The van der Waals surface area contributed by atoms with Crippen molar-refractivity contribution in [1.82, 2.24) is 19.9 Å². The second-order valence-electron chi connectivity index (χ2n) is 5.28. The van der Waals surface area contributed by atoms with E-state index >= 15 is 0 Å². The average Bonchev–Trinajstić information content (AvgIpc) is 3.20. The van der Waals surface area contributed by atoms with Crippen LogP contribution in [-0.4, -0.2) is 33.0 Å². The molecule has 0 aliphatic heterocycles. The molecule has 1 aliphatic carbocycles. The number of amides is 1. The van der Waals surface area contributed by atoms with E-state index in [9.17, 15) is 4.79 Å². The molecular weight excluding hydrogens is 266 g/mol. The number of aryl methyl sites for hydroxylation is 1. The summed E-state index contributed by atoms with van der Waals surface area (Å²) in [7, 11) is 0. The Labute approximate surface area is 123 Å². The van der Waals surface area contributed by atoms with Crippen LogP contribution in [0.15, 0.2) is 30.7 Å². The molecule has 0 bridgehead atoms. The zero-order valence-corrected chi connectivity index (χ0v) is 12.0. The summed E-state index contributed by atoms with van der Waals surface area (Å²) in [5.41, 5.74) is 0.716. The van der Waals surface area contributed by atoms with Crippen LogP contribution in [0.1, 0.15) is 25.1 Å². The Balaban J connectivity index is 1.54. The topological polar surface area (TPSA) is 71.8 Å². The van der Waals surface area contributed by atoms with Gasteiger partial charge in [0.1, 0.15) is 11.6 Å². The van der Waals surface area contributed by atoms with Crippen LogP contribution >= 0.6 is 0 Å². The fourth-order valence-corrected chi connectivity index (χ4v) is 2.12. The number of nitrogens with one attached hydrogen (secondary N) is 2. The van der Waals surface area contributed by atoms with Crippen LogP contribution in [0.25, 0.3) is 5.82 Å². The predicted molar refractivity (Wildman–Crippen MR) is 80.4 cm³/mol. The van der Waals surface area contributed by atoms with E-state index in [1.54, 1.807) is 12.4 Å². The number of carbonyl (C=O) groups is 1. The molecule has 1 saturated carbocycles. The molecule has 2 aromatic heterocycles. The zero-order valence-electron chi connectivity index (χ0n) is 12.0. The van der Waals surface area contributed by atoms with Crippen LogP contribution in [-0.2, 0) is 4.79 Å². The van der Waals surface area contributed by atoms with Gasteiger partial charge in [0.25, 0.3) is 0 Å². The molecule has 3 rings (SSSR count). The van der Waals surface area contributed by atoms with E-state index < -0.39 is 0 Å². The van der Waals surface area contributed by atoms with Crippen molar-refractivity contribution < 1.29 is 4.79 Å². The molecule has 21 heavy (non-hydrogen) atoms. The molecule has 2 heterocycles. The van der Waals surface area contributed by atoms with Gasteiger partial charge in [0.2, 0.25) is 5.91 Å². The van der Waals surface area contributed by atoms with Crippen molar-refractivity contribution in [2.75, 3.05) is 11.9 Å². The summed E-state index contributed by atoms with van der Waals surface area (Å²) in [5, 5.41) is 6.18. The number of imidazole rings is 1. The van der Waals surface area contributed by atoms with Crippen molar-refractivity contribution in [2.45, 2.75) is 32.2 Å². The summed E-state index contributed by atoms with van der Waals surface area (Å²) in [4.78, 5) is 20.3. The van der Waals surface area contributed by atoms with Gasteiger partial charge < -0.3 is 10.6 Å². The van der Waals surface area contributed by atoms with E-state index in [2.05, 4.69) is 20.6 Å². The monoisotopic (exact) mass is 285 g/mol. The number of nitrogens with zero attached hydrogens (tertiary/aromatic N) is 3. The Morgan fingerprint density at radius 1 is 1.38 bits per heavy atom. The van der Waals surface area contributed by atoms with E-state index in [-0.39, 0.29) is 5.91 Å². The maximum atomic E-state index is 11.8. The fourth-order valence-electron chi connectivity index (χ4n) is 2.12. The molecule has 6 heteroatoms. The minimum absolute atomic E-state index is 0.0107. The van der Waals surface area contributed by atoms with Crippen LogP contribution in [0, 0.1) is 6.92 Å². The minimum Gasteiger partial charge on any atom is -0.325 e. The molecule has 110 valence electrons. The van der Waals surface area contributed by atoms with Gasteiger partial charge in [-0.3, -0.25) is 9.36 Å². The SMILES string of the molecule is Cc1nccn1-c1ccc(NC(=O)CCNC2CC2)cn1. The third-order valence-corrected chi connectivity index (χ3v) is 3.47. The molecule has 0 unspecified atom stereocenters. The van der Waals surface area contributed by atoms with Crippen LogP contribution in [0.4, 0.5) is 5.69 Å². The van der Waals surface area contributed by atoms with Crippen molar-refractivity contribution in [2.24, 2.45) is 0 Å². The van der Waals surface area contributed by atoms with Crippen LogP contribution in [0.3, 0.4) is 0 Å². The second kappa shape index (κ2) is 6.05. The molecular formula is C15H19N5O. The Hall–Kier alpha value is -2.21. The van der Waals surface area contributed by atoms with Crippen molar-refractivity contribution >= 4 is 11.6 Å². The highest BCUT2D eigenvalue weighted by molar-refractivity contribution is 5.90. The van der Waals surface area contributed by atoms with E-state index in [0.717, 1.165) is 18.2 Å². The lowest BCUT2D eigenvalue weighted by atomic mass is 10.3. The van der Waals surface area contributed by atoms with E-state index in [0.29, 0.717) is 18.2 Å². The van der Waals surface area contributed by atoms with Gasteiger partial charge in [-0.1, -0.05) is 0 Å². The lowest BCUT2D eigenvalue weighted by Gasteiger charge is -2.07. The highest BCUT2D eigenvalue weighted by Crippen LogP contribution is 2.18. The predicted octanol–water partition coefficient (Wildman–Crippen LogP) is 1.66. The highest BCUT2D eigenvalue weighted by atomic mass is 16.1. The first-order valence-corrected chi connectivity index (χ1v) is 7.22. The normalized spacial score (nSPS) is 14.1. The summed E-state index contributed by atoms with van der Waals surface area (Å²) >= 11 is 0. The lowest BCUT2D eigenvalue weighted by Crippen LogP contribution is -2.23. The number of carbonyl (C=O) groups excluding carboxylic acids is 1. The molecule has 0 radical (unpaired) electrons. The molecule has 1 amide bonds. The lowest BCUT2D eigenvalue weighted by molar-refractivity contribution is -0.116. The van der Waals surface area contributed by atoms with Crippen LogP contribution < -0.4 is 10.6 Å². The van der Waals surface area contributed by atoms with Crippen LogP contribution in [0.2, 0.25) is 0 Å². The maximum absolute atomic E-state index is 11.8. The summed E-state index contributed by atoms with van der Waals surface area (Å²) in [6, 6.07) is 4.36. The minimum atomic E-state index is 0.0107. The summed E-state index contributed by atoms with van der Waals surface area (Å²) in [6.07, 6.45) is 8.22. The van der Waals surface area contributed by atoms with Gasteiger partial charge in [0, 0.05) is 31.4 Å².